The van der Waals surface area contributed by atoms with Crippen LogP contribution in [0, 0.1) is 0 Å². The number of nitrogens with one attached hydrogen (secondary N) is 1. The summed E-state index contributed by atoms with van der Waals surface area (Å²) in [6.07, 6.45) is 2.66. The van der Waals surface area contributed by atoms with Crippen LogP contribution < -0.4 is 20.7 Å². The molecule has 3 N–H and O–H groups in total. The molecule has 5 nitrogen and oxygen atoms in total. The Labute approximate surface area is 121 Å². The van der Waals surface area contributed by atoms with Crippen LogP contribution >= 0.6 is 11.3 Å². The van der Waals surface area contributed by atoms with Gasteiger partial charge >= 0.3 is 0 Å². The van der Waals surface area contributed by atoms with Crippen molar-refractivity contribution in [1.82, 2.24) is 4.98 Å². The first kappa shape index (κ1) is 13.2. The zero-order chi connectivity index (χ0) is 14.2. The summed E-state index contributed by atoms with van der Waals surface area (Å²) < 4.78 is 11.8. The quantitative estimate of drug-likeness (QED) is 0.669. The van der Waals surface area contributed by atoms with Crippen molar-refractivity contribution >= 4 is 16.5 Å². The summed E-state index contributed by atoms with van der Waals surface area (Å²) >= 11 is 1.47. The predicted molar refractivity (Wildman–Crippen MR) is 79.1 cm³/mol. The Kier molecular flexibility index (Phi) is 3.27. The number of benzene rings is 1. The molecule has 0 saturated heterocycles. The van der Waals surface area contributed by atoms with Gasteiger partial charge in [0.25, 0.3) is 0 Å². The smallest absolute Gasteiger partial charge is 0.197 e. The van der Waals surface area contributed by atoms with E-state index in [1.807, 2.05) is 12.1 Å². The van der Waals surface area contributed by atoms with E-state index in [2.05, 4.69) is 30.3 Å². The van der Waals surface area contributed by atoms with Crippen LogP contribution in [-0.4, -0.2) is 10.6 Å². The summed E-state index contributed by atoms with van der Waals surface area (Å²) in [5, 5.41) is 0.680. The van der Waals surface area contributed by atoms with E-state index in [4.69, 9.17) is 15.3 Å². The molecule has 0 fully saturated rings. The molecule has 1 aliphatic rings. The standard InChI is InChI=1S/C14H17N3O2S/c1-14(2)6-9-4-3-5-11(12(9)19-14)18-8-10-7-16-13(17-15)20-10/h3-5,7H,6,8,15H2,1-2H3,(H,16,17). The van der Waals surface area contributed by atoms with E-state index >= 15 is 0 Å². The van der Waals surface area contributed by atoms with Crippen LogP contribution in [0.5, 0.6) is 11.5 Å². The Morgan fingerprint density at radius 3 is 3.10 bits per heavy atom. The molecule has 1 aliphatic heterocycles. The average Bonchev–Trinajstić information content (AvgIpc) is 2.98. The van der Waals surface area contributed by atoms with Crippen LogP contribution in [0.3, 0.4) is 0 Å². The summed E-state index contributed by atoms with van der Waals surface area (Å²) in [5.41, 5.74) is 3.56. The number of nitrogens with zero attached hydrogens (tertiary/aromatic N) is 1. The zero-order valence-corrected chi connectivity index (χ0v) is 12.3. The molecule has 0 saturated carbocycles. The van der Waals surface area contributed by atoms with Gasteiger partial charge in [-0.05, 0) is 19.9 Å². The minimum absolute atomic E-state index is 0.164. The second-order valence-electron chi connectivity index (χ2n) is 5.35. The molecule has 1 aromatic carbocycles. The summed E-state index contributed by atoms with van der Waals surface area (Å²) in [6, 6.07) is 6.02. The van der Waals surface area contributed by atoms with Gasteiger partial charge in [0.05, 0.1) is 4.88 Å². The Morgan fingerprint density at radius 2 is 2.35 bits per heavy atom. The number of para-hydroxylation sites is 1. The minimum Gasteiger partial charge on any atom is -0.484 e. The fourth-order valence-electron chi connectivity index (χ4n) is 2.29. The molecule has 3 rings (SSSR count). The third-order valence-electron chi connectivity index (χ3n) is 3.10. The number of hydrogen-bond acceptors (Lipinski definition) is 6. The predicted octanol–water partition coefficient (Wildman–Crippen LogP) is 2.72. The van der Waals surface area contributed by atoms with Crippen molar-refractivity contribution in [2.75, 3.05) is 5.43 Å². The van der Waals surface area contributed by atoms with Crippen molar-refractivity contribution in [3.8, 4) is 11.5 Å². The van der Waals surface area contributed by atoms with E-state index in [9.17, 15) is 0 Å². The van der Waals surface area contributed by atoms with Gasteiger partial charge in [0.15, 0.2) is 16.6 Å². The fourth-order valence-corrected chi connectivity index (χ4v) is 2.93. The van der Waals surface area contributed by atoms with E-state index in [1.54, 1.807) is 6.20 Å². The van der Waals surface area contributed by atoms with E-state index in [1.165, 1.54) is 16.9 Å². The number of anilines is 1. The monoisotopic (exact) mass is 291 g/mol. The summed E-state index contributed by atoms with van der Waals surface area (Å²) in [4.78, 5) is 5.12. The third-order valence-corrected chi connectivity index (χ3v) is 4.00. The van der Waals surface area contributed by atoms with Crippen LogP contribution in [-0.2, 0) is 13.0 Å². The number of ether oxygens (including phenoxy) is 2. The van der Waals surface area contributed by atoms with Gasteiger partial charge in [-0.2, -0.15) is 0 Å². The number of rotatable bonds is 4. The molecular weight excluding hydrogens is 274 g/mol. The van der Waals surface area contributed by atoms with Gasteiger partial charge in [-0.25, -0.2) is 10.8 Å². The number of thiazole rings is 1. The van der Waals surface area contributed by atoms with Crippen molar-refractivity contribution in [2.24, 2.45) is 5.84 Å². The number of aromatic nitrogens is 1. The summed E-state index contributed by atoms with van der Waals surface area (Å²) in [7, 11) is 0. The van der Waals surface area contributed by atoms with Gasteiger partial charge in [-0.3, -0.25) is 5.43 Å². The molecule has 0 atom stereocenters. The first-order valence-corrected chi connectivity index (χ1v) is 7.24. The topological polar surface area (TPSA) is 69.4 Å². The third kappa shape index (κ3) is 2.57. The zero-order valence-electron chi connectivity index (χ0n) is 11.5. The van der Waals surface area contributed by atoms with Crippen LogP contribution in [0.1, 0.15) is 24.3 Å². The SMILES string of the molecule is CC1(C)Cc2cccc(OCc3cnc(NN)s3)c2O1. The number of hydrogen-bond donors (Lipinski definition) is 2. The first-order chi connectivity index (χ1) is 9.57. The van der Waals surface area contributed by atoms with Gasteiger partial charge in [-0.1, -0.05) is 23.5 Å². The second-order valence-corrected chi connectivity index (χ2v) is 6.46. The molecule has 6 heteroatoms. The highest BCUT2D eigenvalue weighted by Gasteiger charge is 2.32. The van der Waals surface area contributed by atoms with Gasteiger partial charge in [0.1, 0.15) is 12.2 Å². The van der Waals surface area contributed by atoms with Gasteiger partial charge in [-0.15, -0.1) is 0 Å². The van der Waals surface area contributed by atoms with Crippen LogP contribution in [0.4, 0.5) is 5.13 Å². The molecule has 0 unspecified atom stereocenters. The normalized spacial score (nSPS) is 15.6. The summed E-state index contributed by atoms with van der Waals surface area (Å²) in [5.74, 6) is 6.95. The van der Waals surface area contributed by atoms with Crippen LogP contribution in [0.2, 0.25) is 0 Å². The number of nitrogens with two attached hydrogens (primary N) is 1. The maximum atomic E-state index is 5.97. The molecule has 106 valence electrons. The maximum Gasteiger partial charge on any atom is 0.197 e. The fraction of sp³-hybridized carbons (Fsp3) is 0.357. The average molecular weight is 291 g/mol. The van der Waals surface area contributed by atoms with Crippen molar-refractivity contribution in [2.45, 2.75) is 32.5 Å². The molecule has 0 radical (unpaired) electrons. The largest absolute Gasteiger partial charge is 0.484 e. The molecule has 0 bridgehead atoms. The molecule has 2 aromatic rings. The highest BCUT2D eigenvalue weighted by atomic mass is 32.1. The Hall–Kier alpha value is -1.79. The van der Waals surface area contributed by atoms with E-state index < -0.39 is 0 Å². The second kappa shape index (κ2) is 4.96. The van der Waals surface area contributed by atoms with Gasteiger partial charge in [0, 0.05) is 18.2 Å². The Bertz CT molecular complexity index is 625. The molecular formula is C14H17N3O2S. The molecule has 0 aliphatic carbocycles. The lowest BCUT2D eigenvalue weighted by molar-refractivity contribution is 0.131. The van der Waals surface area contributed by atoms with Crippen molar-refractivity contribution < 1.29 is 9.47 Å². The molecule has 0 amide bonds. The van der Waals surface area contributed by atoms with Gasteiger partial charge in [0.2, 0.25) is 0 Å². The van der Waals surface area contributed by atoms with Gasteiger partial charge < -0.3 is 9.47 Å². The van der Waals surface area contributed by atoms with E-state index in [0.717, 1.165) is 22.8 Å². The molecule has 0 spiro atoms. The minimum atomic E-state index is -0.164. The van der Waals surface area contributed by atoms with Crippen molar-refractivity contribution in [1.29, 1.82) is 0 Å². The van der Waals surface area contributed by atoms with Crippen molar-refractivity contribution in [3.05, 3.63) is 34.8 Å². The number of fused-ring (bicyclic) bond motifs is 1. The number of nitrogen functional groups attached to an aromatic ring is 1. The van der Waals surface area contributed by atoms with Crippen LogP contribution in [0.15, 0.2) is 24.4 Å². The van der Waals surface area contributed by atoms with E-state index in [-0.39, 0.29) is 5.60 Å². The highest BCUT2D eigenvalue weighted by Crippen LogP contribution is 2.42. The van der Waals surface area contributed by atoms with E-state index in [0.29, 0.717) is 11.7 Å². The lowest BCUT2D eigenvalue weighted by atomic mass is 10.0. The Balaban J connectivity index is 1.75. The first-order valence-electron chi connectivity index (χ1n) is 6.42. The molecule has 2 heterocycles. The molecule has 20 heavy (non-hydrogen) atoms. The summed E-state index contributed by atoms with van der Waals surface area (Å²) in [6.45, 7) is 4.62. The highest BCUT2D eigenvalue weighted by molar-refractivity contribution is 7.15. The lowest BCUT2D eigenvalue weighted by Gasteiger charge is -2.18. The van der Waals surface area contributed by atoms with Crippen molar-refractivity contribution in [3.63, 3.8) is 0 Å². The van der Waals surface area contributed by atoms with Crippen LogP contribution in [0.25, 0.3) is 0 Å². The molecule has 1 aromatic heterocycles. The Morgan fingerprint density at radius 1 is 1.50 bits per heavy atom. The number of hydrazine groups is 1. The lowest BCUT2D eigenvalue weighted by Crippen LogP contribution is -2.24. The maximum absolute atomic E-state index is 5.97.